The number of nitrogens with zero attached hydrogens (tertiary/aromatic N) is 8. The molecule has 4 aliphatic rings. The highest BCUT2D eigenvalue weighted by Gasteiger charge is 2.40. The number of aliphatic imine (C=N–C) groups is 1. The van der Waals surface area contributed by atoms with E-state index >= 15 is 0 Å². The molecule has 5 aromatic rings. The number of methoxy groups -OCH3 is 1. The number of carbonyl (C=O) groups excluding carboxylic acids is 5. The topological polar surface area (TPSA) is 202 Å². The Morgan fingerprint density at radius 1 is 1.06 bits per heavy atom. The highest BCUT2D eigenvalue weighted by Crippen LogP contribution is 2.45. The highest BCUT2D eigenvalue weighted by atomic mass is 35.5. The van der Waals surface area contributed by atoms with Crippen LogP contribution in [0.1, 0.15) is 87.3 Å². The molecule has 2 atom stereocenters. The van der Waals surface area contributed by atoms with E-state index in [-0.39, 0.29) is 62.3 Å². The van der Waals surface area contributed by atoms with Crippen LogP contribution in [0.15, 0.2) is 69.8 Å². The van der Waals surface area contributed by atoms with E-state index in [4.69, 9.17) is 26.1 Å². The second-order valence-corrected chi connectivity index (χ2v) is 17.9. The Kier molecular flexibility index (Phi) is 12.0. The van der Waals surface area contributed by atoms with Crippen LogP contribution in [0.5, 0.6) is 11.5 Å². The molecule has 0 saturated carbocycles. The number of carbonyl (C=O) groups is 5. The Bertz CT molecular complexity index is 2820. The number of thiophene rings is 1. The maximum atomic E-state index is 13.5. The van der Waals surface area contributed by atoms with Gasteiger partial charge in [-0.1, -0.05) is 29.8 Å². The first kappa shape index (κ1) is 43.5. The van der Waals surface area contributed by atoms with Gasteiger partial charge in [0.15, 0.2) is 11.6 Å². The molecule has 0 spiro atoms. The molecule has 4 amide bonds. The minimum Gasteiger partial charge on any atom is -0.494 e. The lowest BCUT2D eigenvalue weighted by atomic mass is 9.99. The van der Waals surface area contributed by atoms with E-state index in [0.29, 0.717) is 82.5 Å². The van der Waals surface area contributed by atoms with E-state index in [1.54, 1.807) is 41.7 Å². The summed E-state index contributed by atoms with van der Waals surface area (Å²) >= 11 is 7.90. The molecular weight excluding hydrogens is 872 g/mol. The van der Waals surface area contributed by atoms with Crippen LogP contribution in [-0.2, 0) is 25.7 Å². The Morgan fingerprint density at radius 2 is 1.88 bits per heavy atom. The molecule has 65 heavy (non-hydrogen) atoms. The number of aryl methyl sites for hydroxylation is 2. The van der Waals surface area contributed by atoms with Gasteiger partial charge in [-0.25, -0.2) is 0 Å². The smallest absolute Gasteiger partial charge is 0.255 e. The quantitative estimate of drug-likeness (QED) is 0.0724. The molecule has 2 N–H and O–H groups in total. The summed E-state index contributed by atoms with van der Waals surface area (Å²) in [7, 11) is 1.53. The molecule has 17 nitrogen and oxygen atoms in total. The summed E-state index contributed by atoms with van der Waals surface area (Å²) in [5.74, 6) is 0.853. The molecule has 0 aliphatic carbocycles. The first-order chi connectivity index (χ1) is 31.4. The van der Waals surface area contributed by atoms with Crippen LogP contribution in [0.4, 0.5) is 17.1 Å². The number of aromatic nitrogens is 3. The van der Waals surface area contributed by atoms with Gasteiger partial charge < -0.3 is 24.6 Å². The van der Waals surface area contributed by atoms with Gasteiger partial charge in [0, 0.05) is 70.2 Å². The molecule has 19 heteroatoms. The van der Waals surface area contributed by atoms with E-state index in [9.17, 15) is 24.0 Å². The number of hydrogen-bond donors (Lipinski definition) is 2. The fourth-order valence-electron chi connectivity index (χ4n) is 8.70. The largest absolute Gasteiger partial charge is 0.494 e. The van der Waals surface area contributed by atoms with Gasteiger partial charge in [0.1, 0.15) is 46.7 Å². The number of ether oxygens (including phenoxy) is 2. The number of hydrogen-bond acceptors (Lipinski definition) is 14. The highest BCUT2D eigenvalue weighted by molar-refractivity contribution is 7.15. The van der Waals surface area contributed by atoms with Gasteiger partial charge in [0.05, 0.1) is 43.7 Å². The molecule has 1 fully saturated rings. The lowest BCUT2D eigenvalue weighted by molar-refractivity contribution is -0.137. The number of anilines is 1. The van der Waals surface area contributed by atoms with Crippen LogP contribution in [0.25, 0.3) is 5.00 Å². The predicted octanol–water partition coefficient (Wildman–Crippen LogP) is 6.74. The molecule has 334 valence electrons. The molecule has 6 heterocycles. The Balaban J connectivity index is 0.827. The van der Waals surface area contributed by atoms with Gasteiger partial charge in [0.2, 0.25) is 17.7 Å². The molecule has 3 aromatic carbocycles. The standard InChI is InChI=1S/C46H45ClN10O7S/c1-24-25(2)65-46-40(24)41(27-10-12-28(47)13-11-27)49-34(43-54-51-26(3)57(43)46)21-39(60)48-16-6-7-30(58)22-55-17-18-64-37-20-29(19-36(63-4)42(37)55)52-53-33-9-5-8-31-32(33)23-56(45(31)62)35-14-15-38(59)50-44(35)61/h5,8-13,19-20,34-35H,6-7,14-18,21-23H2,1-4H3,(H,48,60)(H,50,59,61). The number of rotatable bonds is 13. The van der Waals surface area contributed by atoms with Gasteiger partial charge in [-0.2, -0.15) is 10.2 Å². The van der Waals surface area contributed by atoms with Crippen molar-refractivity contribution in [3.63, 3.8) is 0 Å². The van der Waals surface area contributed by atoms with Gasteiger partial charge >= 0.3 is 0 Å². The summed E-state index contributed by atoms with van der Waals surface area (Å²) in [5, 5.41) is 24.7. The van der Waals surface area contributed by atoms with Crippen molar-refractivity contribution in [2.45, 2.75) is 71.5 Å². The third kappa shape index (κ3) is 8.50. The number of ketones is 1. The van der Waals surface area contributed by atoms with Gasteiger partial charge in [0.25, 0.3) is 5.91 Å². The minimum absolute atomic E-state index is 0.0156. The number of imide groups is 1. The first-order valence-electron chi connectivity index (χ1n) is 21.3. The van der Waals surface area contributed by atoms with E-state index in [1.165, 1.54) is 12.0 Å². The van der Waals surface area contributed by atoms with Crippen LogP contribution < -0.4 is 25.0 Å². The van der Waals surface area contributed by atoms with Crippen molar-refractivity contribution in [2.24, 2.45) is 15.2 Å². The third-order valence-electron chi connectivity index (χ3n) is 12.1. The zero-order chi connectivity index (χ0) is 45.5. The fourth-order valence-corrected chi connectivity index (χ4v) is 10.0. The summed E-state index contributed by atoms with van der Waals surface area (Å²) in [6.07, 6.45) is 1.13. The molecular formula is C46H45ClN10O7S. The number of benzene rings is 3. The van der Waals surface area contributed by atoms with Crippen molar-refractivity contribution in [3.8, 4) is 16.5 Å². The van der Waals surface area contributed by atoms with Gasteiger partial charge in [-0.15, -0.1) is 21.5 Å². The van der Waals surface area contributed by atoms with Crippen LogP contribution in [0.3, 0.4) is 0 Å². The predicted molar refractivity (Wildman–Crippen MR) is 243 cm³/mol. The van der Waals surface area contributed by atoms with Gasteiger partial charge in [-0.05, 0) is 63.4 Å². The number of piperidine rings is 1. The summed E-state index contributed by atoms with van der Waals surface area (Å²) in [4.78, 5) is 74.2. The summed E-state index contributed by atoms with van der Waals surface area (Å²) in [6, 6.07) is 14.7. The van der Waals surface area contributed by atoms with E-state index < -0.39 is 18.0 Å². The van der Waals surface area contributed by atoms with Crippen LogP contribution in [0.2, 0.25) is 5.02 Å². The number of halogens is 1. The second-order valence-electron chi connectivity index (χ2n) is 16.3. The van der Waals surface area contributed by atoms with Gasteiger partial charge in [-0.3, -0.25) is 38.8 Å². The molecule has 1 saturated heterocycles. The summed E-state index contributed by atoms with van der Waals surface area (Å²) < 4.78 is 13.8. The van der Waals surface area contributed by atoms with Crippen molar-refractivity contribution in [3.05, 3.63) is 104 Å². The SMILES string of the molecule is COc1cc(N=Nc2cccc3c2CN(C2CCC(=O)NC2=O)C3=O)cc2c1N(CC(=O)CCCNC(=O)CC1N=C(c3ccc(Cl)cc3)c3c(sc(C)c3C)-n3c(C)nnc31)CCO2. The number of fused-ring (bicyclic) bond motifs is 5. The second kappa shape index (κ2) is 18.0. The number of Topliss-reactive ketones (excluding diaryl/α,β-unsaturated/α-hetero) is 1. The molecule has 2 aromatic heterocycles. The Hall–Kier alpha value is -6.79. The molecule has 9 rings (SSSR count). The van der Waals surface area contributed by atoms with Crippen LogP contribution >= 0.6 is 22.9 Å². The molecule has 2 unspecified atom stereocenters. The Morgan fingerprint density at radius 3 is 2.66 bits per heavy atom. The average Bonchev–Trinajstić information content (AvgIpc) is 3.91. The van der Waals surface area contributed by atoms with E-state index in [2.05, 4.69) is 44.9 Å². The first-order valence-corrected chi connectivity index (χ1v) is 22.5. The van der Waals surface area contributed by atoms with E-state index in [1.807, 2.05) is 40.7 Å². The zero-order valence-electron chi connectivity index (χ0n) is 36.1. The molecule has 0 bridgehead atoms. The van der Waals surface area contributed by atoms with Crippen molar-refractivity contribution in [1.29, 1.82) is 0 Å². The van der Waals surface area contributed by atoms with Crippen molar-refractivity contribution in [2.75, 3.05) is 38.3 Å². The lowest BCUT2D eigenvalue weighted by Gasteiger charge is -2.32. The van der Waals surface area contributed by atoms with Crippen molar-refractivity contribution in [1.82, 2.24) is 30.3 Å². The normalized spacial score (nSPS) is 17.7. The number of azo groups is 1. The third-order valence-corrected chi connectivity index (χ3v) is 13.5. The van der Waals surface area contributed by atoms with Crippen LogP contribution in [-0.4, -0.2) is 94.2 Å². The minimum atomic E-state index is -0.747. The maximum absolute atomic E-state index is 13.5. The summed E-state index contributed by atoms with van der Waals surface area (Å²) in [6.45, 7) is 7.40. The van der Waals surface area contributed by atoms with Crippen molar-refractivity contribution < 1.29 is 33.4 Å². The number of amides is 4. The van der Waals surface area contributed by atoms with Crippen molar-refractivity contribution >= 4 is 75.1 Å². The molecule has 4 aliphatic heterocycles. The van der Waals surface area contributed by atoms with Crippen LogP contribution in [0, 0.1) is 20.8 Å². The van der Waals surface area contributed by atoms with E-state index in [0.717, 1.165) is 32.3 Å². The zero-order valence-corrected chi connectivity index (χ0v) is 37.7. The average molecular weight is 917 g/mol. The fraction of sp³-hybridized carbons (Fsp3) is 0.348. The lowest BCUT2D eigenvalue weighted by Crippen LogP contribution is -2.52. The number of nitrogens with one attached hydrogen (secondary N) is 2. The monoisotopic (exact) mass is 916 g/mol. The maximum Gasteiger partial charge on any atom is 0.255 e. The summed E-state index contributed by atoms with van der Waals surface area (Å²) in [5.41, 5.74) is 6.33. The molecule has 0 radical (unpaired) electrons. The Labute approximate surface area is 382 Å².